The van der Waals surface area contributed by atoms with Gasteiger partial charge in [-0.2, -0.15) is 0 Å². The van der Waals surface area contributed by atoms with E-state index in [1.54, 1.807) is 11.8 Å². The number of nitrogens with one attached hydrogen (secondary N) is 2. The summed E-state index contributed by atoms with van der Waals surface area (Å²) in [6.45, 7) is 15.4. The minimum absolute atomic E-state index is 0.629. The smallest absolute Gasteiger partial charge is 0.0728 e. The van der Waals surface area contributed by atoms with E-state index in [4.69, 9.17) is 23.2 Å². The second-order valence-corrected chi connectivity index (χ2v) is 16.7. The summed E-state index contributed by atoms with van der Waals surface area (Å²) in [6.07, 6.45) is 4.05. The van der Waals surface area contributed by atoms with Gasteiger partial charge in [0.25, 0.3) is 0 Å². The molecule has 0 saturated carbocycles. The molecule has 2 aliphatic heterocycles. The highest BCUT2D eigenvalue weighted by atomic mass is 35.5. The molecule has 2 fully saturated rings. The fraction of sp³-hybridized carbons (Fsp3) is 0.333. The maximum absolute atomic E-state index is 6.26. The second-order valence-electron chi connectivity index (χ2n) is 13.6. The van der Waals surface area contributed by atoms with Gasteiger partial charge in [0.15, 0.2) is 0 Å². The van der Waals surface area contributed by atoms with E-state index in [9.17, 15) is 0 Å². The van der Waals surface area contributed by atoms with Gasteiger partial charge in [-0.3, -0.25) is 9.80 Å². The summed E-state index contributed by atoms with van der Waals surface area (Å²) >= 11 is 16.1. The third-order valence-corrected chi connectivity index (χ3v) is 13.3. The van der Waals surface area contributed by atoms with Crippen molar-refractivity contribution in [2.24, 2.45) is 0 Å². The summed E-state index contributed by atoms with van der Waals surface area (Å²) < 4.78 is 0. The Morgan fingerprint density at radius 3 is 1.63 bits per heavy atom. The maximum Gasteiger partial charge on any atom is 0.0728 e. The summed E-state index contributed by atoms with van der Waals surface area (Å²) in [5.74, 6) is 2.19. The fourth-order valence-corrected chi connectivity index (χ4v) is 9.76. The number of thioether (sulfide) groups is 2. The maximum atomic E-state index is 6.26. The van der Waals surface area contributed by atoms with Gasteiger partial charge in [0.2, 0.25) is 0 Å². The van der Waals surface area contributed by atoms with Crippen LogP contribution in [0.5, 0.6) is 0 Å². The normalized spacial score (nSPS) is 15.7. The molecule has 0 atom stereocenters. The number of aryl methyl sites for hydroxylation is 2. The van der Waals surface area contributed by atoms with Crippen LogP contribution in [0.2, 0.25) is 10.0 Å². The zero-order valence-corrected chi connectivity index (χ0v) is 33.2. The van der Waals surface area contributed by atoms with Gasteiger partial charge in [-0.1, -0.05) is 59.1 Å². The van der Waals surface area contributed by atoms with Gasteiger partial charge >= 0.3 is 0 Å². The molecule has 0 amide bonds. The third-order valence-electron chi connectivity index (χ3n) is 10.1. The van der Waals surface area contributed by atoms with Crippen molar-refractivity contribution >= 4 is 79.9 Å². The number of hydrogen-bond donors (Lipinski definition) is 2. The number of H-pyrrole nitrogens is 2. The first-order valence-corrected chi connectivity index (χ1v) is 21.0. The van der Waals surface area contributed by atoms with Gasteiger partial charge in [-0.25, -0.2) is 0 Å². The van der Waals surface area contributed by atoms with Crippen LogP contribution in [0.3, 0.4) is 0 Å². The molecule has 272 valence electrons. The first-order chi connectivity index (χ1) is 25.4. The molecule has 4 heterocycles. The highest BCUT2D eigenvalue weighted by Gasteiger charge is 2.20. The lowest BCUT2D eigenvalue weighted by molar-refractivity contribution is 0.273. The van der Waals surface area contributed by atoms with E-state index in [0.717, 1.165) is 75.3 Å². The second kappa shape index (κ2) is 17.7. The molecule has 2 N–H and O–H groups in total. The van der Waals surface area contributed by atoms with Crippen molar-refractivity contribution in [3.63, 3.8) is 0 Å². The van der Waals surface area contributed by atoms with Crippen molar-refractivity contribution in [1.82, 2.24) is 19.8 Å². The predicted molar refractivity (Wildman–Crippen MR) is 228 cm³/mol. The molecule has 10 heteroatoms. The summed E-state index contributed by atoms with van der Waals surface area (Å²) in [4.78, 5) is 19.3. The molecule has 6 nitrogen and oxygen atoms in total. The lowest BCUT2D eigenvalue weighted by Crippen LogP contribution is -2.47. The van der Waals surface area contributed by atoms with Crippen molar-refractivity contribution in [2.45, 2.75) is 23.6 Å². The summed E-state index contributed by atoms with van der Waals surface area (Å²) in [5.41, 5.74) is 7.89. The monoisotopic (exact) mass is 770 g/mol. The summed E-state index contributed by atoms with van der Waals surface area (Å²) in [5, 5.41) is 3.95. The van der Waals surface area contributed by atoms with E-state index < -0.39 is 0 Å². The fourth-order valence-electron chi connectivity index (χ4n) is 7.24. The molecule has 0 radical (unpaired) electrons. The lowest BCUT2D eigenvalue weighted by Gasteiger charge is -2.36. The highest BCUT2D eigenvalue weighted by molar-refractivity contribution is 7.99. The Kier molecular flexibility index (Phi) is 12.6. The van der Waals surface area contributed by atoms with E-state index in [-0.39, 0.29) is 0 Å². The molecule has 4 aromatic carbocycles. The number of nitrogens with zero attached hydrogens (tertiary/aromatic N) is 4. The van der Waals surface area contributed by atoms with Crippen LogP contribution < -0.4 is 9.80 Å². The minimum atomic E-state index is 0.629. The van der Waals surface area contributed by atoms with Gasteiger partial charge < -0.3 is 19.8 Å². The van der Waals surface area contributed by atoms with Crippen LogP contribution >= 0.6 is 46.7 Å². The van der Waals surface area contributed by atoms with Crippen LogP contribution in [0, 0.1) is 13.8 Å². The van der Waals surface area contributed by atoms with Crippen LogP contribution in [-0.4, -0.2) is 96.7 Å². The van der Waals surface area contributed by atoms with Crippen LogP contribution in [0.25, 0.3) is 21.8 Å². The number of anilines is 2. The Hall–Kier alpha value is -3.24. The Balaban J connectivity index is 0.000000162. The first kappa shape index (κ1) is 37.1. The van der Waals surface area contributed by atoms with Crippen LogP contribution in [0.1, 0.15) is 11.1 Å². The standard InChI is InChI=1S/C22H27N3S.C20H21Cl2N3S/c1-17-6-7-22(18(2)16-17)26-15-14-24-10-12-25(13-11-24)21-5-3-4-20-19(21)8-9-23-20;21-16-3-1-6-19(20(16)22)26-14-13-24-9-11-25(12-10-24)18-5-2-4-17-15(18)7-8-23-17/h3-9,16,23H,10-15H2,1-2H3;1-8,23H,9-14H2. The van der Waals surface area contributed by atoms with Gasteiger partial charge in [-0.05, 0) is 74.0 Å². The molecule has 6 aromatic rings. The number of benzene rings is 4. The van der Waals surface area contributed by atoms with Crippen molar-refractivity contribution in [3.05, 3.63) is 118 Å². The van der Waals surface area contributed by atoms with E-state index >= 15 is 0 Å². The topological polar surface area (TPSA) is 44.5 Å². The Morgan fingerprint density at radius 1 is 0.577 bits per heavy atom. The quantitative estimate of drug-likeness (QED) is 0.135. The predicted octanol–water partition coefficient (Wildman–Crippen LogP) is 10.1. The number of aromatic nitrogens is 2. The molecule has 2 aliphatic rings. The number of rotatable bonds is 10. The summed E-state index contributed by atoms with van der Waals surface area (Å²) in [7, 11) is 0. The van der Waals surface area contributed by atoms with Crippen LogP contribution in [0.4, 0.5) is 11.4 Å². The average molecular weight is 772 g/mol. The lowest BCUT2D eigenvalue weighted by atomic mass is 10.2. The number of aromatic amines is 2. The first-order valence-electron chi connectivity index (χ1n) is 18.3. The molecule has 52 heavy (non-hydrogen) atoms. The van der Waals surface area contributed by atoms with Crippen LogP contribution in [0.15, 0.2) is 107 Å². The molecular weight excluding hydrogens is 724 g/mol. The van der Waals surface area contributed by atoms with Crippen molar-refractivity contribution in [1.29, 1.82) is 0 Å². The van der Waals surface area contributed by atoms with Gasteiger partial charge in [0.05, 0.1) is 10.0 Å². The molecule has 0 unspecified atom stereocenters. The van der Waals surface area contributed by atoms with Gasteiger partial charge in [-0.15, -0.1) is 23.5 Å². The largest absolute Gasteiger partial charge is 0.368 e. The van der Waals surface area contributed by atoms with Crippen molar-refractivity contribution in [2.75, 3.05) is 86.8 Å². The number of piperazine rings is 2. The van der Waals surface area contributed by atoms with Crippen LogP contribution in [-0.2, 0) is 0 Å². The Bertz CT molecular complexity index is 2060. The average Bonchev–Trinajstić information content (AvgIpc) is 3.86. The number of hydrogen-bond acceptors (Lipinski definition) is 6. The highest BCUT2D eigenvalue weighted by Crippen LogP contribution is 2.33. The van der Waals surface area contributed by atoms with Gasteiger partial charge in [0, 0.05) is 132 Å². The molecular formula is C42H48Cl2N6S2. The minimum Gasteiger partial charge on any atom is -0.368 e. The Morgan fingerprint density at radius 2 is 1.10 bits per heavy atom. The molecule has 2 aromatic heterocycles. The van der Waals surface area contributed by atoms with E-state index in [2.05, 4.69) is 110 Å². The zero-order chi connectivity index (χ0) is 35.9. The molecule has 0 aliphatic carbocycles. The molecule has 8 rings (SSSR count). The van der Waals surface area contributed by atoms with Crippen molar-refractivity contribution < 1.29 is 0 Å². The van der Waals surface area contributed by atoms with Gasteiger partial charge in [0.1, 0.15) is 0 Å². The zero-order valence-electron chi connectivity index (χ0n) is 30.1. The molecule has 0 bridgehead atoms. The Labute approximate surface area is 326 Å². The summed E-state index contributed by atoms with van der Waals surface area (Å²) in [6, 6.07) is 30.0. The van der Waals surface area contributed by atoms with Crippen molar-refractivity contribution in [3.8, 4) is 0 Å². The van der Waals surface area contributed by atoms with E-state index in [1.807, 2.05) is 42.4 Å². The molecule has 2 saturated heterocycles. The number of halogens is 2. The van der Waals surface area contributed by atoms with E-state index in [0.29, 0.717) is 10.0 Å². The third kappa shape index (κ3) is 9.09. The molecule has 0 spiro atoms. The van der Waals surface area contributed by atoms with E-state index in [1.165, 1.54) is 55.7 Å². The SMILES string of the molecule is Cc1ccc(SCCN2CCN(c3cccc4[nH]ccc34)CC2)c(C)c1.Clc1cccc(SCCN2CCN(c3cccc4[nH]ccc34)CC2)c1Cl. The number of fused-ring (bicyclic) bond motifs is 2.